The highest BCUT2D eigenvalue weighted by atomic mass is 32.2. The van der Waals surface area contributed by atoms with Crippen LogP contribution in [0.5, 0.6) is 11.5 Å². The van der Waals surface area contributed by atoms with Crippen LogP contribution in [0.4, 0.5) is 18.9 Å². The Kier molecular flexibility index (Phi) is 19.5. The van der Waals surface area contributed by atoms with Gasteiger partial charge in [-0.2, -0.15) is 12.7 Å². The number of ether oxygens (including phenoxy) is 5. The Balaban J connectivity index is 0.641. The van der Waals surface area contributed by atoms with Crippen molar-refractivity contribution in [3.63, 3.8) is 0 Å². The maximum absolute atomic E-state index is 15.8. The van der Waals surface area contributed by atoms with E-state index < -0.39 is 75.7 Å². The van der Waals surface area contributed by atoms with E-state index in [9.17, 15) is 37.1 Å². The third kappa shape index (κ3) is 13.9. The molecule has 0 spiro atoms. The van der Waals surface area contributed by atoms with Gasteiger partial charge in [-0.15, -0.1) is 11.3 Å². The molecule has 3 amide bonds. The van der Waals surface area contributed by atoms with E-state index in [1.807, 2.05) is 55.8 Å². The fourth-order valence-corrected chi connectivity index (χ4v) is 12.8. The van der Waals surface area contributed by atoms with Crippen LogP contribution >= 0.6 is 11.3 Å². The van der Waals surface area contributed by atoms with E-state index in [1.54, 1.807) is 59.1 Å². The number of aromatic amines is 1. The maximum Gasteiger partial charge on any atom is 0.301 e. The standard InChI is InChI=1S/C61H65F3N8O12S2/c1-36(2)55(72-32-41-6-4-5-7-46(41)60(72)76)61(77)71-34-44(73)28-51(71)59(75)67-29-40-9-8-39(57-37(3)68-35-85-57)27-52(40)84-25-23-82-21-19-80-18-20-81-22-24-83-45-12-10-38(11-13-45)42-26-47-48(31-66-58(47)65-30-42)56(74)53-49(63)14-15-50(54(53)64)69-86(78,79)70-17-16-43(62)33-70/h4-15,26-27,30-31,35-36,43-44,51,55,69,73H,16-25,28-29,32-34H2,1-3H3,(H,65,66)(H,67,75)/t43-,44-,51+,55+/m1/s1. The van der Waals surface area contributed by atoms with E-state index >= 15 is 8.78 Å². The number of carbonyl (C=O) groups is 4. The number of H-pyrrole nitrogens is 1. The lowest BCUT2D eigenvalue weighted by Crippen LogP contribution is -2.55. The first-order valence-corrected chi connectivity index (χ1v) is 30.5. The number of pyridine rings is 1. The van der Waals surface area contributed by atoms with Gasteiger partial charge < -0.3 is 48.9 Å². The van der Waals surface area contributed by atoms with Crippen LogP contribution in [0.2, 0.25) is 0 Å². The van der Waals surface area contributed by atoms with E-state index in [4.69, 9.17) is 23.7 Å². The lowest BCUT2D eigenvalue weighted by Gasteiger charge is -2.35. The highest BCUT2D eigenvalue weighted by Gasteiger charge is 2.46. The molecule has 20 nitrogen and oxygen atoms in total. The van der Waals surface area contributed by atoms with Crippen LogP contribution in [0.3, 0.4) is 0 Å². The summed E-state index contributed by atoms with van der Waals surface area (Å²) in [6, 6.07) is 21.6. The molecule has 0 unspecified atom stereocenters. The summed E-state index contributed by atoms with van der Waals surface area (Å²) in [4.78, 5) is 71.0. The number of benzene rings is 4. The molecule has 4 aromatic carbocycles. The SMILES string of the molecule is Cc1ncsc1-c1ccc(CNC(=O)[C@@H]2C[C@@H](O)CN2C(=O)[C@H](C(C)C)N2Cc3ccccc3C2=O)c(OCCOCCOCCOCCOc2ccc(-c3cnc4[nH]cc(C(=O)c5c(F)ccc(NS(=O)(=O)N6CC[C@@H](F)C6)c5F)c4c3)cc2)c1. The molecule has 86 heavy (non-hydrogen) atoms. The Morgan fingerprint density at radius 2 is 1.57 bits per heavy atom. The van der Waals surface area contributed by atoms with Gasteiger partial charge >= 0.3 is 10.2 Å². The van der Waals surface area contributed by atoms with Crippen LogP contribution in [-0.2, 0) is 47.1 Å². The Morgan fingerprint density at radius 1 is 0.860 bits per heavy atom. The number of nitrogens with one attached hydrogen (secondary N) is 3. The van der Waals surface area contributed by atoms with Crippen molar-refractivity contribution >= 4 is 61.8 Å². The predicted octanol–water partition coefficient (Wildman–Crippen LogP) is 7.64. The number of nitrogens with zero attached hydrogens (tertiary/aromatic N) is 5. The molecule has 0 aliphatic carbocycles. The molecule has 0 saturated carbocycles. The van der Waals surface area contributed by atoms with Gasteiger partial charge in [0.2, 0.25) is 17.6 Å². The molecular formula is C61H65F3N8O12S2. The summed E-state index contributed by atoms with van der Waals surface area (Å²) in [6.07, 6.45) is 0.608. The number of aromatic nitrogens is 3. The average molecular weight is 1220 g/mol. The molecule has 454 valence electrons. The number of alkyl halides is 1. The minimum atomic E-state index is -4.38. The maximum atomic E-state index is 15.8. The summed E-state index contributed by atoms with van der Waals surface area (Å²) < 4.78 is 102. The minimum Gasteiger partial charge on any atom is -0.491 e. The number of thiazole rings is 1. The monoisotopic (exact) mass is 1220 g/mol. The molecule has 3 aromatic heterocycles. The first kappa shape index (κ1) is 61.3. The zero-order valence-electron chi connectivity index (χ0n) is 47.4. The number of ketones is 1. The van der Waals surface area contributed by atoms with E-state index in [0.717, 1.165) is 38.1 Å². The summed E-state index contributed by atoms with van der Waals surface area (Å²) in [5.74, 6) is -3.87. The molecule has 4 atom stereocenters. The molecule has 25 heteroatoms. The number of fused-ring (bicyclic) bond motifs is 2. The summed E-state index contributed by atoms with van der Waals surface area (Å²) in [5, 5.41) is 14.0. The Hall–Kier alpha value is -7.78. The molecule has 4 N–H and O–H groups in total. The zero-order valence-corrected chi connectivity index (χ0v) is 49.1. The first-order chi connectivity index (χ1) is 41.4. The van der Waals surface area contributed by atoms with Crippen molar-refractivity contribution in [1.82, 2.24) is 34.4 Å². The number of halogens is 3. The van der Waals surface area contributed by atoms with Crippen LogP contribution in [0, 0.1) is 24.5 Å². The van der Waals surface area contributed by atoms with Crippen molar-refractivity contribution in [3.8, 4) is 33.1 Å². The summed E-state index contributed by atoms with van der Waals surface area (Å²) >= 11 is 1.50. The van der Waals surface area contributed by atoms with Crippen molar-refractivity contribution in [2.24, 2.45) is 5.92 Å². The second kappa shape index (κ2) is 27.3. The number of amides is 3. The summed E-state index contributed by atoms with van der Waals surface area (Å²) in [7, 11) is -4.38. The molecule has 0 radical (unpaired) electrons. The number of hydrogen-bond donors (Lipinski definition) is 4. The van der Waals surface area contributed by atoms with E-state index in [-0.39, 0.29) is 99.8 Å². The molecule has 3 aliphatic heterocycles. The Bertz CT molecular complexity index is 3720. The molecular weight excluding hydrogens is 1160 g/mol. The number of aryl methyl sites for hydroxylation is 1. The Labute approximate surface area is 498 Å². The van der Waals surface area contributed by atoms with Crippen molar-refractivity contribution in [2.75, 3.05) is 77.2 Å². The second-order valence-electron chi connectivity index (χ2n) is 21.3. The fourth-order valence-electron chi connectivity index (χ4n) is 10.8. The number of aliphatic hydroxyl groups is 1. The molecule has 3 aliphatic rings. The van der Waals surface area contributed by atoms with E-state index in [0.29, 0.717) is 60.2 Å². The van der Waals surface area contributed by atoms with Gasteiger partial charge in [-0.05, 0) is 78.4 Å². The smallest absolute Gasteiger partial charge is 0.301 e. The number of hydrogen-bond acceptors (Lipinski definition) is 15. The summed E-state index contributed by atoms with van der Waals surface area (Å²) in [6.45, 7) is 7.69. The van der Waals surface area contributed by atoms with Crippen LogP contribution in [0.1, 0.15) is 69.8 Å². The highest BCUT2D eigenvalue weighted by molar-refractivity contribution is 7.90. The molecule has 7 aromatic rings. The molecule has 2 fully saturated rings. The number of likely N-dealkylation sites (tertiary alicyclic amines) is 1. The van der Waals surface area contributed by atoms with Crippen LogP contribution < -0.4 is 19.5 Å². The predicted molar refractivity (Wildman–Crippen MR) is 314 cm³/mol. The Morgan fingerprint density at radius 3 is 2.26 bits per heavy atom. The van der Waals surface area contributed by atoms with Crippen molar-refractivity contribution < 1.29 is 69.6 Å². The first-order valence-electron chi connectivity index (χ1n) is 28.1. The van der Waals surface area contributed by atoms with Crippen LogP contribution in [0.15, 0.2) is 103 Å². The number of aliphatic hydroxyl groups excluding tert-OH is 1. The third-order valence-electron chi connectivity index (χ3n) is 15.1. The second-order valence-corrected chi connectivity index (χ2v) is 23.9. The zero-order chi connectivity index (χ0) is 60.6. The van der Waals surface area contributed by atoms with Gasteiger partial charge in [-0.1, -0.05) is 56.3 Å². The van der Waals surface area contributed by atoms with Gasteiger partial charge in [0.15, 0.2) is 5.82 Å². The van der Waals surface area contributed by atoms with Crippen LogP contribution in [0.25, 0.3) is 32.6 Å². The molecule has 0 bridgehead atoms. The van der Waals surface area contributed by atoms with Gasteiger partial charge in [0.05, 0.1) is 73.1 Å². The third-order valence-corrected chi connectivity index (χ3v) is 17.6. The minimum absolute atomic E-state index is 0.0156. The number of anilines is 1. The van der Waals surface area contributed by atoms with Gasteiger partial charge in [-0.3, -0.25) is 23.9 Å². The van der Waals surface area contributed by atoms with Crippen LogP contribution in [-0.4, -0.2) is 163 Å². The van der Waals surface area contributed by atoms with E-state index in [2.05, 4.69) is 20.3 Å². The van der Waals surface area contributed by atoms with Crippen molar-refractivity contribution in [3.05, 3.63) is 148 Å². The number of rotatable bonds is 27. The van der Waals surface area contributed by atoms with E-state index in [1.165, 1.54) is 22.4 Å². The molecule has 6 heterocycles. The van der Waals surface area contributed by atoms with Gasteiger partial charge in [0.1, 0.15) is 54.4 Å². The van der Waals surface area contributed by atoms with Crippen molar-refractivity contribution in [2.45, 2.75) is 71.1 Å². The number of carbonyl (C=O) groups excluding carboxylic acids is 4. The topological polar surface area (TPSA) is 244 Å². The largest absolute Gasteiger partial charge is 0.491 e. The lowest BCUT2D eigenvalue weighted by molar-refractivity contribution is -0.143. The quantitative estimate of drug-likeness (QED) is 0.0286. The fraction of sp³-hybridized carbons (Fsp3) is 0.377. The highest BCUT2D eigenvalue weighted by Crippen LogP contribution is 2.35. The number of β-amino-alcohol motifs (C(OH)–C–C–N with tert-alkyl or cyclic N) is 1. The normalized spacial score (nSPS) is 17.4. The van der Waals surface area contributed by atoms with Gasteiger partial charge in [0, 0.05) is 79.2 Å². The summed E-state index contributed by atoms with van der Waals surface area (Å²) in [5.41, 5.74) is 5.47. The lowest BCUT2D eigenvalue weighted by atomic mass is 10.00. The van der Waals surface area contributed by atoms with Gasteiger partial charge in [-0.25, -0.2) is 23.1 Å². The molecule has 2 saturated heterocycles. The van der Waals surface area contributed by atoms with Gasteiger partial charge in [0.25, 0.3) is 5.91 Å². The molecule has 10 rings (SSSR count). The average Bonchev–Trinajstić information content (AvgIpc) is 2.44. The van der Waals surface area contributed by atoms with Crippen molar-refractivity contribution in [1.29, 1.82) is 0 Å².